The number of aromatic nitrogens is 1. The maximum absolute atomic E-state index is 12.1. The summed E-state index contributed by atoms with van der Waals surface area (Å²) >= 11 is 0. The van der Waals surface area contributed by atoms with Crippen LogP contribution in [-0.4, -0.2) is 11.2 Å². The first-order chi connectivity index (χ1) is 6.32. The van der Waals surface area contributed by atoms with Crippen molar-refractivity contribution < 1.29 is 13.2 Å². The Hall–Kier alpha value is -1.50. The number of pyridine rings is 1. The molecule has 0 saturated carbocycles. The first-order valence-electron chi connectivity index (χ1n) is 3.65. The fourth-order valence-corrected chi connectivity index (χ4v) is 0.868. The lowest BCUT2D eigenvalue weighted by atomic mass is 10.1. The lowest BCUT2D eigenvalue weighted by Gasteiger charge is -2.15. The van der Waals surface area contributed by atoms with Gasteiger partial charge in [0.2, 0.25) is 0 Å². The molecule has 0 aliphatic carbocycles. The molecule has 1 rings (SSSR count). The standard InChI is InChI=1S/C7H9F3N4/c8-7(9,10)5(12)3-1-4(11)6(13)14-2-3/h1-2,5H,11-12H2,(H2,13,14). The van der Waals surface area contributed by atoms with Gasteiger partial charge in [0.25, 0.3) is 0 Å². The average Bonchev–Trinajstić information content (AvgIpc) is 2.07. The molecule has 0 aliphatic heterocycles. The second-order valence-corrected chi connectivity index (χ2v) is 2.76. The van der Waals surface area contributed by atoms with Crippen molar-refractivity contribution in [2.75, 3.05) is 11.5 Å². The van der Waals surface area contributed by atoms with E-state index >= 15 is 0 Å². The minimum atomic E-state index is -4.51. The smallest absolute Gasteiger partial charge is 0.396 e. The van der Waals surface area contributed by atoms with Crippen molar-refractivity contribution in [3.63, 3.8) is 0 Å². The largest absolute Gasteiger partial charge is 0.407 e. The van der Waals surface area contributed by atoms with Crippen LogP contribution in [0.1, 0.15) is 11.6 Å². The molecule has 0 radical (unpaired) electrons. The third kappa shape index (κ3) is 2.05. The van der Waals surface area contributed by atoms with Crippen LogP contribution >= 0.6 is 0 Å². The second kappa shape index (κ2) is 3.33. The topological polar surface area (TPSA) is 91.0 Å². The fraction of sp³-hybridized carbons (Fsp3) is 0.286. The summed E-state index contributed by atoms with van der Waals surface area (Å²) in [4.78, 5) is 3.49. The van der Waals surface area contributed by atoms with Crippen LogP contribution in [0, 0.1) is 0 Å². The maximum atomic E-state index is 12.1. The summed E-state index contributed by atoms with van der Waals surface area (Å²) in [5.74, 6) is -0.0110. The molecule has 0 aliphatic rings. The van der Waals surface area contributed by atoms with Crippen LogP contribution in [0.25, 0.3) is 0 Å². The molecule has 14 heavy (non-hydrogen) atoms. The van der Waals surface area contributed by atoms with Crippen LogP contribution in [0.2, 0.25) is 0 Å². The van der Waals surface area contributed by atoms with Crippen molar-refractivity contribution in [2.45, 2.75) is 12.2 Å². The molecule has 0 saturated heterocycles. The van der Waals surface area contributed by atoms with E-state index in [0.29, 0.717) is 0 Å². The first kappa shape index (κ1) is 10.6. The monoisotopic (exact) mass is 206 g/mol. The molecule has 0 amide bonds. The Morgan fingerprint density at radius 2 is 1.86 bits per heavy atom. The predicted octanol–water partition coefficient (Wildman–Crippen LogP) is 0.808. The Labute approximate surface area is 77.9 Å². The van der Waals surface area contributed by atoms with E-state index in [1.54, 1.807) is 0 Å². The average molecular weight is 206 g/mol. The quantitative estimate of drug-likeness (QED) is 0.634. The van der Waals surface area contributed by atoms with Gasteiger partial charge in [0.1, 0.15) is 11.9 Å². The molecule has 1 aromatic heterocycles. The Kier molecular flexibility index (Phi) is 2.52. The molecule has 0 fully saturated rings. The Morgan fingerprint density at radius 3 is 2.29 bits per heavy atom. The van der Waals surface area contributed by atoms with Gasteiger partial charge in [-0.3, -0.25) is 0 Å². The molecule has 1 aromatic rings. The molecule has 0 bridgehead atoms. The van der Waals surface area contributed by atoms with Gasteiger partial charge in [0.15, 0.2) is 0 Å². The highest BCUT2D eigenvalue weighted by atomic mass is 19.4. The Morgan fingerprint density at radius 1 is 1.29 bits per heavy atom. The highest BCUT2D eigenvalue weighted by Gasteiger charge is 2.38. The summed E-state index contributed by atoms with van der Waals surface area (Å²) in [7, 11) is 0. The SMILES string of the molecule is Nc1cc(C(N)C(F)(F)F)cnc1N. The molecule has 6 N–H and O–H groups in total. The highest BCUT2D eigenvalue weighted by Crippen LogP contribution is 2.31. The predicted molar refractivity (Wildman–Crippen MR) is 46.0 cm³/mol. The third-order valence-electron chi connectivity index (χ3n) is 1.68. The summed E-state index contributed by atoms with van der Waals surface area (Å²) in [6.45, 7) is 0. The van der Waals surface area contributed by atoms with E-state index in [1.807, 2.05) is 0 Å². The zero-order valence-electron chi connectivity index (χ0n) is 7.05. The number of nitrogens with zero attached hydrogens (tertiary/aromatic N) is 1. The van der Waals surface area contributed by atoms with Gasteiger partial charge in [0.05, 0.1) is 5.69 Å². The van der Waals surface area contributed by atoms with Gasteiger partial charge in [-0.05, 0) is 11.6 Å². The van der Waals surface area contributed by atoms with Crippen molar-refractivity contribution in [2.24, 2.45) is 5.73 Å². The molecule has 1 unspecified atom stereocenters. The molecule has 0 spiro atoms. The van der Waals surface area contributed by atoms with Gasteiger partial charge in [0, 0.05) is 6.20 Å². The van der Waals surface area contributed by atoms with E-state index in [1.165, 1.54) is 0 Å². The summed E-state index contributed by atoms with van der Waals surface area (Å²) in [6, 6.07) is -1.02. The van der Waals surface area contributed by atoms with Crippen LogP contribution in [0.5, 0.6) is 0 Å². The zero-order valence-corrected chi connectivity index (χ0v) is 7.05. The van der Waals surface area contributed by atoms with Crippen LogP contribution in [0.15, 0.2) is 12.3 Å². The molecule has 78 valence electrons. The number of alkyl halides is 3. The number of nitrogens with two attached hydrogens (primary N) is 3. The summed E-state index contributed by atoms with van der Waals surface area (Å²) in [5, 5.41) is 0. The highest BCUT2D eigenvalue weighted by molar-refractivity contribution is 5.58. The normalized spacial score (nSPS) is 14.0. The van der Waals surface area contributed by atoms with Crippen molar-refractivity contribution in [1.82, 2.24) is 4.98 Å². The van der Waals surface area contributed by atoms with Crippen LogP contribution in [0.4, 0.5) is 24.7 Å². The van der Waals surface area contributed by atoms with Crippen molar-refractivity contribution >= 4 is 11.5 Å². The number of anilines is 2. The first-order valence-corrected chi connectivity index (χ1v) is 3.65. The number of hydrogen-bond acceptors (Lipinski definition) is 4. The van der Waals surface area contributed by atoms with Gasteiger partial charge in [-0.1, -0.05) is 0 Å². The van der Waals surface area contributed by atoms with E-state index in [-0.39, 0.29) is 17.1 Å². The van der Waals surface area contributed by atoms with Gasteiger partial charge in [-0.15, -0.1) is 0 Å². The van der Waals surface area contributed by atoms with Crippen molar-refractivity contribution in [3.8, 4) is 0 Å². The van der Waals surface area contributed by atoms with Gasteiger partial charge in [-0.2, -0.15) is 13.2 Å². The van der Waals surface area contributed by atoms with Crippen LogP contribution in [0.3, 0.4) is 0 Å². The van der Waals surface area contributed by atoms with Gasteiger partial charge in [-0.25, -0.2) is 4.98 Å². The van der Waals surface area contributed by atoms with E-state index in [0.717, 1.165) is 12.3 Å². The molecule has 1 heterocycles. The number of rotatable bonds is 1. The molecule has 7 heteroatoms. The summed E-state index contributed by atoms with van der Waals surface area (Å²) in [5.41, 5.74) is 15.2. The fourth-order valence-electron chi connectivity index (χ4n) is 0.868. The summed E-state index contributed by atoms with van der Waals surface area (Å²) < 4.78 is 36.4. The minimum Gasteiger partial charge on any atom is -0.396 e. The lowest BCUT2D eigenvalue weighted by molar-refractivity contribution is -0.149. The Balaban J connectivity index is 3.03. The van der Waals surface area contributed by atoms with Crippen LogP contribution < -0.4 is 17.2 Å². The minimum absolute atomic E-state index is 0.0110. The van der Waals surface area contributed by atoms with Crippen LogP contribution in [-0.2, 0) is 0 Å². The molecular weight excluding hydrogens is 197 g/mol. The van der Waals surface area contributed by atoms with E-state index in [2.05, 4.69) is 4.98 Å². The van der Waals surface area contributed by atoms with E-state index in [4.69, 9.17) is 17.2 Å². The van der Waals surface area contributed by atoms with Gasteiger partial charge >= 0.3 is 6.18 Å². The van der Waals surface area contributed by atoms with Crippen molar-refractivity contribution in [3.05, 3.63) is 17.8 Å². The number of hydrogen-bond donors (Lipinski definition) is 3. The second-order valence-electron chi connectivity index (χ2n) is 2.76. The van der Waals surface area contributed by atoms with E-state index < -0.39 is 12.2 Å². The third-order valence-corrected chi connectivity index (χ3v) is 1.68. The van der Waals surface area contributed by atoms with Gasteiger partial charge < -0.3 is 17.2 Å². The number of nitrogen functional groups attached to an aromatic ring is 2. The molecule has 4 nitrogen and oxygen atoms in total. The zero-order chi connectivity index (χ0) is 10.9. The molecular formula is C7H9F3N4. The van der Waals surface area contributed by atoms with Crippen molar-refractivity contribution in [1.29, 1.82) is 0 Å². The molecule has 0 aromatic carbocycles. The maximum Gasteiger partial charge on any atom is 0.407 e. The lowest BCUT2D eigenvalue weighted by Crippen LogP contribution is -2.28. The Bertz CT molecular complexity index is 336. The number of halogens is 3. The van der Waals surface area contributed by atoms with E-state index in [9.17, 15) is 13.2 Å². The summed E-state index contributed by atoms with van der Waals surface area (Å²) in [6.07, 6.45) is -3.55. The molecule has 1 atom stereocenters.